The lowest BCUT2D eigenvalue weighted by molar-refractivity contribution is -0.137. The number of nitrogens with one attached hydrogen (secondary N) is 2. The number of aromatic nitrogens is 1. The molecule has 3 aromatic carbocycles. The number of anilines is 2. The Balaban J connectivity index is 1.58. The van der Waals surface area contributed by atoms with Gasteiger partial charge in [-0.15, -0.1) is 0 Å². The van der Waals surface area contributed by atoms with Crippen LogP contribution in [0.2, 0.25) is 5.02 Å². The molecule has 1 aromatic heterocycles. The first kappa shape index (κ1) is 27.6. The van der Waals surface area contributed by atoms with Crippen molar-refractivity contribution in [2.75, 3.05) is 16.8 Å². The second-order valence-electron chi connectivity index (χ2n) is 10.0. The summed E-state index contributed by atoms with van der Waals surface area (Å²) in [4.78, 5) is 32.3. The van der Waals surface area contributed by atoms with Gasteiger partial charge in [0.2, 0.25) is 0 Å². The summed E-state index contributed by atoms with van der Waals surface area (Å²) in [6.07, 6.45) is -1.18. The number of hydrogen-bond donors (Lipinski definition) is 2. The molecule has 2 N–H and O–H groups in total. The number of pyridine rings is 1. The SMILES string of the molecule is Cc1cnccc1-c1cc(NC(=O)c2cc(F)cc(C(F)(F)F)c2)c2c3c1CCN3C(=O)NC2c1cc(F)ccc1Cl. The van der Waals surface area contributed by atoms with E-state index in [2.05, 4.69) is 15.6 Å². The van der Waals surface area contributed by atoms with Gasteiger partial charge in [0, 0.05) is 46.3 Å². The van der Waals surface area contributed by atoms with Crippen LogP contribution in [0.4, 0.5) is 38.1 Å². The standard InChI is InChI=1S/C30H20ClF5N4O2/c1-14-13-37-6-4-19(14)21-12-24(38-28(41)15-8-16(30(34,35)36)10-18(33)9-15)25-26(22-11-17(32)2-3-23(22)31)39-29(42)40-7-5-20(21)27(25)40/h2-4,6,8-13,26H,5,7H2,1H3,(H,38,41)(H,39,42). The Kier molecular flexibility index (Phi) is 6.64. The smallest absolute Gasteiger partial charge is 0.327 e. The molecule has 2 aliphatic heterocycles. The van der Waals surface area contributed by atoms with Crippen molar-refractivity contribution in [1.82, 2.24) is 10.3 Å². The fourth-order valence-electron chi connectivity index (χ4n) is 5.56. The number of carbonyl (C=O) groups excluding carboxylic acids is 2. The monoisotopic (exact) mass is 598 g/mol. The normalized spacial score (nSPS) is 15.8. The maximum Gasteiger partial charge on any atom is 0.416 e. The van der Waals surface area contributed by atoms with Crippen molar-refractivity contribution >= 4 is 34.9 Å². The van der Waals surface area contributed by atoms with E-state index in [1.165, 1.54) is 17.0 Å². The number of rotatable bonds is 4. The summed E-state index contributed by atoms with van der Waals surface area (Å²) in [5, 5.41) is 5.61. The number of hydrogen-bond acceptors (Lipinski definition) is 3. The topological polar surface area (TPSA) is 74.3 Å². The third-order valence-corrected chi connectivity index (χ3v) is 7.76. The van der Waals surface area contributed by atoms with E-state index in [0.717, 1.165) is 22.8 Å². The van der Waals surface area contributed by atoms with Crippen LogP contribution in [0, 0.1) is 18.6 Å². The predicted molar refractivity (Wildman–Crippen MR) is 147 cm³/mol. The summed E-state index contributed by atoms with van der Waals surface area (Å²) in [5.41, 5.74) is 2.31. The second-order valence-corrected chi connectivity index (χ2v) is 10.4. The molecule has 0 saturated heterocycles. The number of carbonyl (C=O) groups is 2. The van der Waals surface area contributed by atoms with Crippen molar-refractivity contribution in [2.24, 2.45) is 0 Å². The predicted octanol–water partition coefficient (Wildman–Crippen LogP) is 7.43. The summed E-state index contributed by atoms with van der Waals surface area (Å²) < 4.78 is 68.8. The van der Waals surface area contributed by atoms with Crippen LogP contribution in [0.5, 0.6) is 0 Å². The third-order valence-electron chi connectivity index (χ3n) is 7.42. The summed E-state index contributed by atoms with van der Waals surface area (Å²) in [6, 6.07) is 7.16. The highest BCUT2D eigenvalue weighted by Gasteiger charge is 2.41. The van der Waals surface area contributed by atoms with Gasteiger partial charge >= 0.3 is 12.2 Å². The second kappa shape index (κ2) is 10.1. The van der Waals surface area contributed by atoms with Crippen LogP contribution >= 0.6 is 11.6 Å². The molecule has 12 heteroatoms. The van der Waals surface area contributed by atoms with Crippen LogP contribution in [0.25, 0.3) is 11.1 Å². The molecule has 0 bridgehead atoms. The van der Waals surface area contributed by atoms with Crippen LogP contribution in [0.3, 0.4) is 0 Å². The van der Waals surface area contributed by atoms with E-state index < -0.39 is 46.9 Å². The van der Waals surface area contributed by atoms with E-state index in [1.54, 1.807) is 24.5 Å². The Hall–Kier alpha value is -4.51. The van der Waals surface area contributed by atoms with Gasteiger partial charge in [0.25, 0.3) is 5.91 Å². The van der Waals surface area contributed by atoms with Crippen molar-refractivity contribution in [2.45, 2.75) is 25.6 Å². The minimum Gasteiger partial charge on any atom is -0.327 e. The number of alkyl halides is 3. The number of nitrogens with zero attached hydrogens (tertiary/aromatic N) is 2. The molecule has 3 heterocycles. The average molecular weight is 599 g/mol. The number of aryl methyl sites for hydroxylation is 1. The zero-order chi connectivity index (χ0) is 29.9. The first-order valence-corrected chi connectivity index (χ1v) is 13.1. The Morgan fingerprint density at radius 3 is 2.60 bits per heavy atom. The highest BCUT2D eigenvalue weighted by atomic mass is 35.5. The highest BCUT2D eigenvalue weighted by Crippen LogP contribution is 2.50. The van der Waals surface area contributed by atoms with Gasteiger partial charge in [-0.25, -0.2) is 13.6 Å². The van der Waals surface area contributed by atoms with Crippen LogP contribution < -0.4 is 15.5 Å². The molecule has 6 nitrogen and oxygen atoms in total. The lowest BCUT2D eigenvalue weighted by Gasteiger charge is -2.35. The van der Waals surface area contributed by atoms with Crippen LogP contribution in [-0.2, 0) is 12.6 Å². The van der Waals surface area contributed by atoms with Gasteiger partial charge in [-0.05, 0) is 84.1 Å². The Morgan fingerprint density at radius 2 is 1.86 bits per heavy atom. The van der Waals surface area contributed by atoms with Gasteiger partial charge in [0.15, 0.2) is 0 Å². The molecule has 3 amide bonds. The van der Waals surface area contributed by atoms with Gasteiger partial charge in [0.1, 0.15) is 11.6 Å². The molecule has 0 fully saturated rings. The molecule has 1 unspecified atom stereocenters. The van der Waals surface area contributed by atoms with Crippen LogP contribution in [0.15, 0.2) is 60.9 Å². The van der Waals surface area contributed by atoms with E-state index >= 15 is 0 Å². The van der Waals surface area contributed by atoms with E-state index in [4.69, 9.17) is 11.6 Å². The molecule has 4 aromatic rings. The van der Waals surface area contributed by atoms with Crippen LogP contribution in [0.1, 0.15) is 44.2 Å². The number of urea groups is 1. The van der Waals surface area contributed by atoms with Crippen molar-refractivity contribution in [1.29, 1.82) is 0 Å². The number of halogens is 6. The molecule has 0 radical (unpaired) electrons. The van der Waals surface area contributed by atoms with Gasteiger partial charge in [-0.3, -0.25) is 14.7 Å². The summed E-state index contributed by atoms with van der Waals surface area (Å²) >= 11 is 6.44. The van der Waals surface area contributed by atoms with Gasteiger partial charge < -0.3 is 10.6 Å². The molecular weight excluding hydrogens is 579 g/mol. The fraction of sp³-hybridized carbons (Fsp3) is 0.167. The van der Waals surface area contributed by atoms with E-state index in [1.807, 2.05) is 6.92 Å². The number of amides is 3. The van der Waals surface area contributed by atoms with E-state index in [9.17, 15) is 31.5 Å². The van der Waals surface area contributed by atoms with Crippen LogP contribution in [-0.4, -0.2) is 23.5 Å². The summed E-state index contributed by atoms with van der Waals surface area (Å²) in [6.45, 7) is 2.15. The van der Waals surface area contributed by atoms with Crippen molar-refractivity contribution < 1.29 is 31.5 Å². The third kappa shape index (κ3) is 4.73. The van der Waals surface area contributed by atoms with Gasteiger partial charge in [-0.1, -0.05) is 11.6 Å². The molecule has 0 aliphatic carbocycles. The minimum absolute atomic E-state index is 0.125. The van der Waals surface area contributed by atoms with Crippen molar-refractivity contribution in [3.63, 3.8) is 0 Å². The van der Waals surface area contributed by atoms with Gasteiger partial charge in [0.05, 0.1) is 17.3 Å². The zero-order valence-corrected chi connectivity index (χ0v) is 22.5. The average Bonchev–Trinajstić information content (AvgIpc) is 3.38. The molecular formula is C30H20ClF5N4O2. The molecule has 214 valence electrons. The Morgan fingerprint density at radius 1 is 1.07 bits per heavy atom. The van der Waals surface area contributed by atoms with E-state index in [0.29, 0.717) is 48.0 Å². The van der Waals surface area contributed by atoms with Crippen molar-refractivity contribution in [3.8, 4) is 11.1 Å². The first-order valence-electron chi connectivity index (χ1n) is 12.7. The van der Waals surface area contributed by atoms with Gasteiger partial charge in [-0.2, -0.15) is 13.2 Å². The maximum atomic E-state index is 14.4. The minimum atomic E-state index is -4.88. The summed E-state index contributed by atoms with van der Waals surface area (Å²) in [7, 11) is 0. The first-order chi connectivity index (χ1) is 19.9. The lowest BCUT2D eigenvalue weighted by Crippen LogP contribution is -2.46. The molecule has 42 heavy (non-hydrogen) atoms. The van der Waals surface area contributed by atoms with Crippen molar-refractivity contribution in [3.05, 3.63) is 111 Å². The molecule has 2 aliphatic rings. The largest absolute Gasteiger partial charge is 0.416 e. The van der Waals surface area contributed by atoms with E-state index in [-0.39, 0.29) is 16.3 Å². The lowest BCUT2D eigenvalue weighted by atomic mass is 9.87. The molecule has 6 rings (SSSR count). The Bertz CT molecular complexity index is 1790. The number of benzene rings is 3. The molecule has 0 spiro atoms. The summed E-state index contributed by atoms with van der Waals surface area (Å²) in [5.74, 6) is -2.86. The quantitative estimate of drug-likeness (QED) is 0.240. The zero-order valence-electron chi connectivity index (χ0n) is 21.7. The molecule has 1 atom stereocenters. The Labute approximate surface area is 241 Å². The highest BCUT2D eigenvalue weighted by molar-refractivity contribution is 6.31. The maximum absolute atomic E-state index is 14.4. The fourth-order valence-corrected chi connectivity index (χ4v) is 5.79. The molecule has 0 saturated carbocycles.